The minimum Gasteiger partial charge on any atom is -0.469 e. The normalized spacial score (nSPS) is 13.0. The summed E-state index contributed by atoms with van der Waals surface area (Å²) in [7, 11) is 0.474. The van der Waals surface area contributed by atoms with Crippen LogP contribution >= 0.6 is 0 Å². The molecule has 3 aromatic carbocycles. The number of H-pyrrole nitrogens is 1. The molecule has 0 saturated carbocycles. The molecule has 292 valence electrons. The molecule has 1 atom stereocenters. The minimum atomic E-state index is -3.73. The fraction of sp³-hybridized carbons (Fsp3) is 0.366. The second kappa shape index (κ2) is 16.6. The van der Waals surface area contributed by atoms with E-state index in [1.54, 1.807) is 24.0 Å². The van der Waals surface area contributed by atoms with E-state index in [0.717, 1.165) is 18.2 Å². The van der Waals surface area contributed by atoms with Gasteiger partial charge in [-0.1, -0.05) is 57.2 Å². The highest BCUT2D eigenvalue weighted by molar-refractivity contribution is 7.92. The molecule has 0 aliphatic heterocycles. The molecule has 5 rings (SSSR count). The fourth-order valence-electron chi connectivity index (χ4n) is 7.00. The Morgan fingerprint density at radius 3 is 2.44 bits per heavy atom. The van der Waals surface area contributed by atoms with Crippen LogP contribution in [0.1, 0.15) is 69.0 Å². The molecule has 0 bridgehead atoms. The summed E-state index contributed by atoms with van der Waals surface area (Å²) in [4.78, 5) is 31.6. The van der Waals surface area contributed by atoms with Crippen LogP contribution in [0.4, 0.5) is 8.78 Å². The van der Waals surface area contributed by atoms with Crippen LogP contribution in [-0.4, -0.2) is 65.8 Å². The monoisotopic (exact) mass is 776 g/mol. The summed E-state index contributed by atoms with van der Waals surface area (Å²) in [6, 6.07) is 14.9. The lowest BCUT2D eigenvalue weighted by Gasteiger charge is -2.32. The van der Waals surface area contributed by atoms with Crippen LogP contribution in [0.2, 0.25) is 0 Å². The molecule has 2 aromatic heterocycles. The van der Waals surface area contributed by atoms with Gasteiger partial charge in [-0.15, -0.1) is 0 Å². The summed E-state index contributed by atoms with van der Waals surface area (Å²) in [5.41, 5.74) is 1.29. The molecule has 0 fully saturated rings. The molecule has 0 saturated heterocycles. The van der Waals surface area contributed by atoms with Crippen molar-refractivity contribution in [2.75, 3.05) is 25.7 Å². The molecule has 5 aromatic rings. The summed E-state index contributed by atoms with van der Waals surface area (Å²) < 4.78 is 73.5. The molecular weight excluding hydrogens is 731 g/mol. The number of hydrogen-bond acceptors (Lipinski definition) is 9. The van der Waals surface area contributed by atoms with Crippen molar-refractivity contribution >= 4 is 38.8 Å². The van der Waals surface area contributed by atoms with Crippen molar-refractivity contribution in [3.05, 3.63) is 102 Å². The van der Waals surface area contributed by atoms with Crippen LogP contribution in [0.15, 0.2) is 67.4 Å². The van der Waals surface area contributed by atoms with Crippen molar-refractivity contribution in [1.29, 1.82) is 0 Å². The number of esters is 2. The molecule has 0 radical (unpaired) electrons. The first-order valence-electron chi connectivity index (χ1n) is 17.7. The Kier molecular flexibility index (Phi) is 12.3. The van der Waals surface area contributed by atoms with E-state index in [1.165, 1.54) is 37.5 Å². The quantitative estimate of drug-likeness (QED) is 0.0934. The van der Waals surface area contributed by atoms with E-state index in [1.807, 2.05) is 45.0 Å². The zero-order chi connectivity index (χ0) is 40.1. The highest BCUT2D eigenvalue weighted by atomic mass is 32.2. The molecule has 11 nitrogen and oxygen atoms in total. The van der Waals surface area contributed by atoms with Gasteiger partial charge in [-0.05, 0) is 67.0 Å². The number of halogens is 2. The SMILES string of the molecule is C=Cc1c(Oc2ccc(F)c(-c3nc(C(C)(CCCC(C)(C)CS(=O)(=O)CC(=O)OC)c4cccc(CCC(=O)OC)c4)n(C)n3)c2)c(F)cc2[nH]ccc12. The fourth-order valence-corrected chi connectivity index (χ4v) is 8.92. The van der Waals surface area contributed by atoms with Gasteiger partial charge in [-0.3, -0.25) is 14.3 Å². The van der Waals surface area contributed by atoms with Gasteiger partial charge in [-0.2, -0.15) is 5.10 Å². The first kappa shape index (κ1) is 40.8. The number of aryl methyl sites for hydroxylation is 2. The maximum Gasteiger partial charge on any atom is 0.320 e. The van der Waals surface area contributed by atoms with Crippen LogP contribution in [0.25, 0.3) is 28.4 Å². The molecule has 2 heterocycles. The Labute approximate surface area is 319 Å². The van der Waals surface area contributed by atoms with Crippen molar-refractivity contribution in [3.8, 4) is 22.9 Å². The van der Waals surface area contributed by atoms with Gasteiger partial charge in [0.25, 0.3) is 0 Å². The number of nitrogens with one attached hydrogen (secondary N) is 1. The van der Waals surface area contributed by atoms with Crippen LogP contribution in [0.5, 0.6) is 11.5 Å². The van der Waals surface area contributed by atoms with Crippen molar-refractivity contribution in [3.63, 3.8) is 0 Å². The number of fused-ring (bicyclic) bond motifs is 1. The highest BCUT2D eigenvalue weighted by Gasteiger charge is 2.36. The average Bonchev–Trinajstić information content (AvgIpc) is 3.77. The number of nitrogens with zero attached hydrogens (tertiary/aromatic N) is 3. The van der Waals surface area contributed by atoms with E-state index in [-0.39, 0.29) is 41.0 Å². The van der Waals surface area contributed by atoms with Gasteiger partial charge in [0, 0.05) is 42.2 Å². The Morgan fingerprint density at radius 1 is 0.982 bits per heavy atom. The number of carbonyl (C=O) groups excluding carboxylic acids is 2. The summed E-state index contributed by atoms with van der Waals surface area (Å²) in [6.07, 6.45) is 5.33. The number of aromatic amines is 1. The number of ether oxygens (including phenoxy) is 3. The summed E-state index contributed by atoms with van der Waals surface area (Å²) in [5.74, 6) is -2.61. The molecule has 14 heteroatoms. The largest absolute Gasteiger partial charge is 0.469 e. The average molecular weight is 777 g/mol. The third-order valence-corrected chi connectivity index (χ3v) is 11.7. The number of methoxy groups -OCH3 is 2. The minimum absolute atomic E-state index is 0.0359. The second-order valence-electron chi connectivity index (χ2n) is 14.6. The van der Waals surface area contributed by atoms with Crippen LogP contribution in [0, 0.1) is 17.0 Å². The van der Waals surface area contributed by atoms with E-state index in [4.69, 9.17) is 14.5 Å². The van der Waals surface area contributed by atoms with Crippen LogP contribution in [0.3, 0.4) is 0 Å². The third kappa shape index (κ3) is 9.48. The van der Waals surface area contributed by atoms with Crippen LogP contribution in [-0.2, 0) is 47.8 Å². The van der Waals surface area contributed by atoms with Crippen LogP contribution < -0.4 is 4.74 Å². The summed E-state index contributed by atoms with van der Waals surface area (Å²) in [5, 5.41) is 5.34. The Morgan fingerprint density at radius 2 is 1.73 bits per heavy atom. The molecule has 55 heavy (non-hydrogen) atoms. The molecule has 1 unspecified atom stereocenters. The topological polar surface area (TPSA) is 142 Å². The van der Waals surface area contributed by atoms with E-state index in [2.05, 4.69) is 21.4 Å². The zero-order valence-corrected chi connectivity index (χ0v) is 32.7. The number of hydrogen-bond donors (Lipinski definition) is 1. The van der Waals surface area contributed by atoms with E-state index >= 15 is 8.78 Å². The first-order chi connectivity index (χ1) is 26.0. The number of carbonyl (C=O) groups is 2. The lowest BCUT2D eigenvalue weighted by molar-refractivity contribution is -0.140. The standard InChI is InChI=1S/C41H46F2N4O7S/c1-8-29-30-17-20-44-34(30)23-33(43)37(29)54-28-14-15-32(42)31(22-28)38-45-39(47(5)46-38)41(4,27-12-9-11-26(21-27)13-16-35(48)52-6)19-10-18-40(2,3)25-55(50,51)24-36(49)53-7/h8-9,11-12,14-15,17,20-23,44H,1,10,13,16,18-19,24-25H2,2-7H3. The predicted molar refractivity (Wildman–Crippen MR) is 206 cm³/mol. The van der Waals surface area contributed by atoms with Crippen molar-refractivity contribution < 1.29 is 41.0 Å². The van der Waals surface area contributed by atoms with Gasteiger partial charge in [0.2, 0.25) is 0 Å². The van der Waals surface area contributed by atoms with Crippen molar-refractivity contribution in [1.82, 2.24) is 19.7 Å². The number of sulfone groups is 1. The number of aromatic nitrogens is 4. The summed E-state index contributed by atoms with van der Waals surface area (Å²) >= 11 is 0. The van der Waals surface area contributed by atoms with Gasteiger partial charge in [0.15, 0.2) is 27.2 Å². The number of benzene rings is 3. The second-order valence-corrected chi connectivity index (χ2v) is 16.7. The molecule has 0 amide bonds. The molecule has 0 aliphatic carbocycles. The van der Waals surface area contributed by atoms with Gasteiger partial charge < -0.3 is 19.2 Å². The molecule has 0 aliphatic rings. The maximum atomic E-state index is 15.6. The van der Waals surface area contributed by atoms with Crippen molar-refractivity contribution in [2.45, 2.75) is 58.3 Å². The third-order valence-electron chi connectivity index (χ3n) is 9.78. The van der Waals surface area contributed by atoms with Gasteiger partial charge >= 0.3 is 11.9 Å². The van der Waals surface area contributed by atoms with Gasteiger partial charge in [0.05, 0.1) is 31.0 Å². The first-order valence-corrected chi connectivity index (χ1v) is 19.6. The Hall–Kier alpha value is -5.37. The zero-order valence-electron chi connectivity index (χ0n) is 31.9. The van der Waals surface area contributed by atoms with Gasteiger partial charge in [0.1, 0.15) is 23.1 Å². The lowest BCUT2D eigenvalue weighted by Crippen LogP contribution is -2.31. The smallest absolute Gasteiger partial charge is 0.320 e. The lowest BCUT2D eigenvalue weighted by atomic mass is 9.75. The molecule has 1 N–H and O–H groups in total. The van der Waals surface area contributed by atoms with E-state index in [9.17, 15) is 18.0 Å². The maximum absolute atomic E-state index is 15.6. The number of rotatable bonds is 17. The Balaban J connectivity index is 1.50. The summed E-state index contributed by atoms with van der Waals surface area (Å²) in [6.45, 7) is 9.50. The highest BCUT2D eigenvalue weighted by Crippen LogP contribution is 2.40. The molecule has 0 spiro atoms. The predicted octanol–water partition coefficient (Wildman–Crippen LogP) is 7.87. The Bertz CT molecular complexity index is 2330. The molecular formula is C41H46F2N4O7S. The van der Waals surface area contributed by atoms with E-state index < -0.39 is 44.0 Å². The van der Waals surface area contributed by atoms with Gasteiger partial charge in [-0.25, -0.2) is 22.2 Å². The van der Waals surface area contributed by atoms with E-state index in [0.29, 0.717) is 48.0 Å². The van der Waals surface area contributed by atoms with Crippen molar-refractivity contribution in [2.24, 2.45) is 12.5 Å².